The lowest BCUT2D eigenvalue weighted by Crippen LogP contribution is -2.46. The van der Waals surface area contributed by atoms with Gasteiger partial charge in [0, 0.05) is 31.8 Å². The third-order valence-electron chi connectivity index (χ3n) is 4.91. The number of benzene rings is 1. The third-order valence-corrected chi connectivity index (χ3v) is 4.91. The molecule has 2 fully saturated rings. The molecule has 0 bridgehead atoms. The highest BCUT2D eigenvalue weighted by molar-refractivity contribution is 5.79. The van der Waals surface area contributed by atoms with Crippen LogP contribution in [0.25, 0.3) is 0 Å². The molecule has 3 rings (SSSR count). The summed E-state index contributed by atoms with van der Waals surface area (Å²) in [6.45, 7) is 5.15. The van der Waals surface area contributed by atoms with Crippen molar-refractivity contribution < 1.29 is 19.4 Å². The van der Waals surface area contributed by atoms with Crippen molar-refractivity contribution >= 4 is 5.91 Å². The summed E-state index contributed by atoms with van der Waals surface area (Å²) in [4.78, 5) is 14.7. The van der Waals surface area contributed by atoms with Crippen molar-refractivity contribution in [3.8, 4) is 5.75 Å². The highest BCUT2D eigenvalue weighted by atomic mass is 16.5. The minimum atomic E-state index is 0.0573. The molecule has 2 aliphatic rings. The van der Waals surface area contributed by atoms with Gasteiger partial charge in [0.05, 0.1) is 25.7 Å². The monoisotopic (exact) mass is 348 g/mol. The molecule has 2 heterocycles. The molecule has 6 heteroatoms. The fourth-order valence-electron chi connectivity index (χ4n) is 3.70. The second kappa shape index (κ2) is 8.65. The molecule has 25 heavy (non-hydrogen) atoms. The summed E-state index contributed by atoms with van der Waals surface area (Å²) >= 11 is 0. The van der Waals surface area contributed by atoms with E-state index in [1.807, 2.05) is 31.2 Å². The summed E-state index contributed by atoms with van der Waals surface area (Å²) in [6.07, 6.45) is 2.11. The Labute approximate surface area is 149 Å². The van der Waals surface area contributed by atoms with E-state index in [-0.39, 0.29) is 24.7 Å². The van der Waals surface area contributed by atoms with Crippen molar-refractivity contribution in [2.45, 2.75) is 44.4 Å². The molecular formula is C19H28N2O4. The number of ether oxygens (including phenoxy) is 2. The molecule has 1 aromatic rings. The van der Waals surface area contributed by atoms with Crippen LogP contribution in [0.5, 0.6) is 5.75 Å². The van der Waals surface area contributed by atoms with Crippen LogP contribution in [0.2, 0.25) is 0 Å². The van der Waals surface area contributed by atoms with Crippen LogP contribution in [0, 0.1) is 0 Å². The fraction of sp³-hybridized carbons (Fsp3) is 0.632. The molecule has 0 aliphatic carbocycles. The number of hydrogen-bond acceptors (Lipinski definition) is 5. The van der Waals surface area contributed by atoms with E-state index in [2.05, 4.69) is 10.2 Å². The first-order chi connectivity index (χ1) is 12.2. The van der Waals surface area contributed by atoms with Crippen molar-refractivity contribution in [1.29, 1.82) is 0 Å². The maximum atomic E-state index is 12.3. The second-order valence-electron chi connectivity index (χ2n) is 6.83. The van der Waals surface area contributed by atoms with Crippen LogP contribution in [0.1, 0.15) is 25.3 Å². The smallest absolute Gasteiger partial charge is 0.224 e. The molecule has 0 radical (unpaired) electrons. The van der Waals surface area contributed by atoms with Gasteiger partial charge in [-0.1, -0.05) is 12.1 Å². The van der Waals surface area contributed by atoms with Crippen molar-refractivity contribution in [1.82, 2.24) is 10.2 Å². The Balaban J connectivity index is 1.46. The van der Waals surface area contributed by atoms with E-state index in [9.17, 15) is 4.79 Å². The van der Waals surface area contributed by atoms with Crippen LogP contribution in [-0.4, -0.2) is 67.0 Å². The maximum absolute atomic E-state index is 12.3. The van der Waals surface area contributed by atoms with Gasteiger partial charge in [0.2, 0.25) is 5.91 Å². The van der Waals surface area contributed by atoms with Crippen LogP contribution in [0.3, 0.4) is 0 Å². The summed E-state index contributed by atoms with van der Waals surface area (Å²) < 4.78 is 11.2. The van der Waals surface area contributed by atoms with E-state index in [0.29, 0.717) is 32.1 Å². The van der Waals surface area contributed by atoms with Gasteiger partial charge in [-0.05, 0) is 37.5 Å². The molecule has 0 spiro atoms. The van der Waals surface area contributed by atoms with Gasteiger partial charge in [-0.3, -0.25) is 9.69 Å². The Morgan fingerprint density at radius 2 is 2.16 bits per heavy atom. The number of morpholine rings is 1. The highest BCUT2D eigenvalue weighted by Crippen LogP contribution is 2.24. The van der Waals surface area contributed by atoms with Crippen molar-refractivity contribution in [3.05, 3.63) is 29.8 Å². The number of amides is 1. The van der Waals surface area contributed by atoms with Crippen molar-refractivity contribution in [2.75, 3.05) is 32.9 Å². The number of aliphatic hydroxyl groups is 1. The number of nitrogens with zero attached hydrogens (tertiary/aromatic N) is 1. The van der Waals surface area contributed by atoms with Crippen LogP contribution in [0.4, 0.5) is 0 Å². The van der Waals surface area contributed by atoms with E-state index in [0.717, 1.165) is 30.8 Å². The Morgan fingerprint density at radius 3 is 2.88 bits per heavy atom. The first-order valence-electron chi connectivity index (χ1n) is 9.15. The molecule has 138 valence electrons. The van der Waals surface area contributed by atoms with Gasteiger partial charge in [-0.25, -0.2) is 0 Å². The zero-order valence-electron chi connectivity index (χ0n) is 14.8. The van der Waals surface area contributed by atoms with Crippen molar-refractivity contribution in [2.24, 2.45) is 0 Å². The number of nitrogens with one attached hydrogen (secondary N) is 1. The number of hydrogen-bond donors (Lipinski definition) is 2. The van der Waals surface area contributed by atoms with E-state index in [4.69, 9.17) is 14.6 Å². The molecule has 0 aromatic heterocycles. The standard InChI is InChI=1S/C19H28N2O4/c1-2-24-17-5-3-14(4-6-17)9-19(23)20-15-10-16-13-25-18(7-8-22)12-21(16)11-15/h3-6,15-16,18,22H,2,7-13H2,1H3,(H,20,23)/t15-,16-,18-/m0/s1. The van der Waals surface area contributed by atoms with E-state index < -0.39 is 0 Å². The average Bonchev–Trinajstić information content (AvgIpc) is 2.98. The molecule has 1 aromatic carbocycles. The minimum Gasteiger partial charge on any atom is -0.494 e. The Hall–Kier alpha value is -1.63. The van der Waals surface area contributed by atoms with Gasteiger partial charge in [-0.2, -0.15) is 0 Å². The van der Waals surface area contributed by atoms with Crippen LogP contribution in [0.15, 0.2) is 24.3 Å². The predicted octanol–water partition coefficient (Wildman–Crippen LogP) is 0.968. The van der Waals surface area contributed by atoms with Gasteiger partial charge in [-0.15, -0.1) is 0 Å². The molecule has 0 unspecified atom stereocenters. The Kier molecular flexibility index (Phi) is 6.29. The summed E-state index contributed by atoms with van der Waals surface area (Å²) in [5.74, 6) is 0.888. The highest BCUT2D eigenvalue weighted by Gasteiger charge is 2.37. The number of rotatable bonds is 7. The molecule has 2 aliphatic heterocycles. The van der Waals surface area contributed by atoms with Gasteiger partial charge < -0.3 is 19.9 Å². The molecule has 2 N–H and O–H groups in total. The quantitative estimate of drug-likeness (QED) is 0.768. The van der Waals surface area contributed by atoms with E-state index in [1.165, 1.54) is 0 Å². The maximum Gasteiger partial charge on any atom is 0.224 e. The Bertz CT molecular complexity index is 563. The molecule has 1 amide bonds. The topological polar surface area (TPSA) is 71.0 Å². The SMILES string of the molecule is CCOc1ccc(CC(=O)N[C@H]2C[C@H]3CO[C@@H](CCO)CN3C2)cc1. The van der Waals surface area contributed by atoms with Gasteiger partial charge >= 0.3 is 0 Å². The number of carbonyl (C=O) groups excluding carboxylic acids is 1. The zero-order chi connectivity index (χ0) is 17.6. The first-order valence-corrected chi connectivity index (χ1v) is 9.15. The van der Waals surface area contributed by atoms with Crippen LogP contribution >= 0.6 is 0 Å². The van der Waals surface area contributed by atoms with Gasteiger partial charge in [0.15, 0.2) is 0 Å². The van der Waals surface area contributed by atoms with Crippen LogP contribution < -0.4 is 10.1 Å². The molecule has 0 saturated carbocycles. The number of carbonyl (C=O) groups is 1. The predicted molar refractivity (Wildman–Crippen MR) is 94.7 cm³/mol. The Morgan fingerprint density at radius 1 is 1.36 bits per heavy atom. The summed E-state index contributed by atoms with van der Waals surface area (Å²) in [6, 6.07) is 8.25. The van der Waals surface area contributed by atoms with Crippen molar-refractivity contribution in [3.63, 3.8) is 0 Å². The lowest BCUT2D eigenvalue weighted by atomic mass is 10.1. The van der Waals surface area contributed by atoms with Gasteiger partial charge in [0.1, 0.15) is 5.75 Å². The first kappa shape index (κ1) is 18.2. The minimum absolute atomic E-state index is 0.0573. The molecule has 6 nitrogen and oxygen atoms in total. The normalized spacial score (nSPS) is 26.2. The largest absolute Gasteiger partial charge is 0.494 e. The average molecular weight is 348 g/mol. The summed E-state index contributed by atoms with van der Waals surface area (Å²) in [5, 5.41) is 12.2. The van der Waals surface area contributed by atoms with Crippen LogP contribution in [-0.2, 0) is 16.0 Å². The van der Waals surface area contributed by atoms with E-state index >= 15 is 0 Å². The molecule has 2 saturated heterocycles. The van der Waals surface area contributed by atoms with E-state index in [1.54, 1.807) is 0 Å². The number of fused-ring (bicyclic) bond motifs is 1. The summed E-state index contributed by atoms with van der Waals surface area (Å²) in [7, 11) is 0. The zero-order valence-corrected chi connectivity index (χ0v) is 14.8. The molecular weight excluding hydrogens is 320 g/mol. The summed E-state index contributed by atoms with van der Waals surface area (Å²) in [5.41, 5.74) is 0.989. The third kappa shape index (κ3) is 4.93. The molecule has 3 atom stereocenters. The fourth-order valence-corrected chi connectivity index (χ4v) is 3.70. The van der Waals surface area contributed by atoms with Gasteiger partial charge in [0.25, 0.3) is 0 Å². The number of aliphatic hydroxyl groups excluding tert-OH is 1. The lowest BCUT2D eigenvalue weighted by Gasteiger charge is -2.34. The second-order valence-corrected chi connectivity index (χ2v) is 6.83. The lowest BCUT2D eigenvalue weighted by molar-refractivity contribution is -0.121.